The smallest absolute Gasteiger partial charge is 0.315 e. The van der Waals surface area contributed by atoms with Crippen LogP contribution in [-0.4, -0.2) is 43.5 Å². The number of methoxy groups -OCH3 is 1. The Bertz CT molecular complexity index is 1120. The molecule has 0 radical (unpaired) electrons. The van der Waals surface area contributed by atoms with Crippen molar-refractivity contribution in [3.05, 3.63) is 59.7 Å². The minimum atomic E-state index is -0.517. The lowest BCUT2D eigenvalue weighted by molar-refractivity contribution is -0.154. The van der Waals surface area contributed by atoms with E-state index in [0.717, 1.165) is 12.0 Å². The zero-order valence-corrected chi connectivity index (χ0v) is 18.6. The van der Waals surface area contributed by atoms with Crippen molar-refractivity contribution < 1.29 is 38.1 Å². The highest BCUT2D eigenvalue weighted by Crippen LogP contribution is 2.57. The van der Waals surface area contributed by atoms with Gasteiger partial charge in [0, 0.05) is 11.5 Å². The fourth-order valence-corrected chi connectivity index (χ4v) is 5.43. The molecule has 176 valence electrons. The molecule has 0 unspecified atom stereocenters. The maximum Gasteiger partial charge on any atom is 0.315 e. The van der Waals surface area contributed by atoms with Gasteiger partial charge < -0.3 is 18.9 Å². The van der Waals surface area contributed by atoms with E-state index in [-0.39, 0.29) is 36.1 Å². The van der Waals surface area contributed by atoms with Crippen molar-refractivity contribution in [1.82, 2.24) is 0 Å². The van der Waals surface area contributed by atoms with Crippen molar-refractivity contribution in [2.45, 2.75) is 25.4 Å². The van der Waals surface area contributed by atoms with E-state index in [1.807, 2.05) is 0 Å². The summed E-state index contributed by atoms with van der Waals surface area (Å²) in [6, 6.07) is 13.2. The lowest BCUT2D eigenvalue weighted by Gasteiger charge is -2.22. The van der Waals surface area contributed by atoms with Gasteiger partial charge in [0.15, 0.2) is 12.4 Å². The Labute approximate surface area is 196 Å². The Morgan fingerprint density at radius 2 is 1.68 bits per heavy atom. The number of esters is 3. The number of rotatable bonds is 8. The standard InChI is InChI=1S/C26H24O8/c1-31-17-6-2-14(3-7-17)10-22(28)33-18-8-4-15(5-9-18)20(27)13-32-25(29)23-16-11-19-21(12-16)34-26(30)24(19)23/h2-9,16,19,21,23-24H,10-13H2,1H3/t16-,19+,21+,23-,24-/m1/s1. The molecule has 8 heteroatoms. The third-order valence-electron chi connectivity index (χ3n) is 7.02. The molecule has 8 nitrogen and oxygen atoms in total. The van der Waals surface area contributed by atoms with Gasteiger partial charge in [0.1, 0.15) is 17.6 Å². The molecule has 0 aromatic heterocycles. The average molecular weight is 464 g/mol. The maximum absolute atomic E-state index is 12.6. The van der Waals surface area contributed by atoms with Gasteiger partial charge in [0.25, 0.3) is 0 Å². The summed E-state index contributed by atoms with van der Waals surface area (Å²) < 4.78 is 21.0. The summed E-state index contributed by atoms with van der Waals surface area (Å²) in [6.07, 6.45) is 1.53. The van der Waals surface area contributed by atoms with Crippen LogP contribution in [0, 0.1) is 23.7 Å². The largest absolute Gasteiger partial charge is 0.497 e. The first-order chi connectivity index (χ1) is 16.4. The number of hydrogen-bond acceptors (Lipinski definition) is 8. The predicted molar refractivity (Wildman–Crippen MR) is 117 cm³/mol. The fourth-order valence-electron chi connectivity index (χ4n) is 5.43. The number of carbonyl (C=O) groups excluding carboxylic acids is 4. The molecule has 3 aliphatic rings. The van der Waals surface area contributed by atoms with Crippen molar-refractivity contribution in [1.29, 1.82) is 0 Å². The third-order valence-corrected chi connectivity index (χ3v) is 7.02. The molecule has 3 fully saturated rings. The van der Waals surface area contributed by atoms with E-state index in [1.54, 1.807) is 31.4 Å². The molecular weight excluding hydrogens is 440 g/mol. The SMILES string of the molecule is COc1ccc(CC(=O)Oc2ccc(C(=O)COC(=O)[C@@H]3[C@@H]4C[C@@H]5[C@H]3C(=O)O[C@H]5C4)cc2)cc1. The van der Waals surface area contributed by atoms with Crippen molar-refractivity contribution in [2.75, 3.05) is 13.7 Å². The Hall–Kier alpha value is -3.68. The molecular formula is C26H24O8. The molecule has 2 saturated carbocycles. The van der Waals surface area contributed by atoms with Crippen LogP contribution in [0.2, 0.25) is 0 Å². The minimum absolute atomic E-state index is 0.0583. The van der Waals surface area contributed by atoms with Gasteiger partial charge in [0.05, 0.1) is 25.4 Å². The van der Waals surface area contributed by atoms with Crippen LogP contribution in [0.15, 0.2) is 48.5 Å². The van der Waals surface area contributed by atoms with Gasteiger partial charge in [-0.05, 0) is 60.7 Å². The van der Waals surface area contributed by atoms with Gasteiger partial charge >= 0.3 is 17.9 Å². The van der Waals surface area contributed by atoms with Gasteiger partial charge in [-0.25, -0.2) is 0 Å². The molecule has 5 rings (SSSR count). The van der Waals surface area contributed by atoms with Gasteiger partial charge in [-0.3, -0.25) is 19.2 Å². The third kappa shape index (κ3) is 4.16. The Morgan fingerprint density at radius 1 is 0.971 bits per heavy atom. The van der Waals surface area contributed by atoms with Crippen LogP contribution in [0.3, 0.4) is 0 Å². The number of carbonyl (C=O) groups is 4. The second-order valence-corrected chi connectivity index (χ2v) is 8.98. The second-order valence-electron chi connectivity index (χ2n) is 8.98. The molecule has 2 bridgehead atoms. The van der Waals surface area contributed by atoms with Gasteiger partial charge in [-0.2, -0.15) is 0 Å². The van der Waals surface area contributed by atoms with E-state index in [0.29, 0.717) is 23.5 Å². The summed E-state index contributed by atoms with van der Waals surface area (Å²) in [6.45, 7) is -0.408. The predicted octanol–water partition coefficient (Wildman–Crippen LogP) is 2.77. The number of ether oxygens (including phenoxy) is 4. The van der Waals surface area contributed by atoms with Crippen LogP contribution in [-0.2, 0) is 30.3 Å². The summed E-state index contributed by atoms with van der Waals surface area (Å²) in [5.41, 5.74) is 1.12. The quantitative estimate of drug-likeness (QED) is 0.334. The van der Waals surface area contributed by atoms with Crippen LogP contribution in [0.1, 0.15) is 28.8 Å². The van der Waals surface area contributed by atoms with Crippen molar-refractivity contribution in [2.24, 2.45) is 23.7 Å². The van der Waals surface area contributed by atoms with Crippen molar-refractivity contribution >= 4 is 23.7 Å². The molecule has 0 amide bonds. The van der Waals surface area contributed by atoms with Crippen LogP contribution in [0.25, 0.3) is 0 Å². The summed E-state index contributed by atoms with van der Waals surface area (Å²) in [7, 11) is 1.57. The van der Waals surface area contributed by atoms with Crippen LogP contribution in [0.5, 0.6) is 11.5 Å². The molecule has 2 aromatic carbocycles. The highest BCUT2D eigenvalue weighted by Gasteiger charge is 2.64. The normalized spacial score (nSPS) is 26.1. The molecule has 2 aromatic rings. The van der Waals surface area contributed by atoms with E-state index in [4.69, 9.17) is 18.9 Å². The fraction of sp³-hybridized carbons (Fsp3) is 0.385. The first kappa shape index (κ1) is 22.1. The number of ketones is 1. The van der Waals surface area contributed by atoms with Gasteiger partial charge in [0.2, 0.25) is 0 Å². The summed E-state index contributed by atoms with van der Waals surface area (Å²) >= 11 is 0. The zero-order chi connectivity index (χ0) is 23.8. The Balaban J connectivity index is 1.12. The van der Waals surface area contributed by atoms with E-state index in [9.17, 15) is 19.2 Å². The first-order valence-corrected chi connectivity index (χ1v) is 11.3. The highest BCUT2D eigenvalue weighted by molar-refractivity contribution is 5.98. The molecule has 0 spiro atoms. The van der Waals surface area contributed by atoms with Crippen LogP contribution >= 0.6 is 0 Å². The van der Waals surface area contributed by atoms with Crippen molar-refractivity contribution in [3.63, 3.8) is 0 Å². The lowest BCUT2D eigenvalue weighted by atomic mass is 9.80. The lowest BCUT2D eigenvalue weighted by Crippen LogP contribution is -2.34. The van der Waals surface area contributed by atoms with E-state index in [1.165, 1.54) is 24.3 Å². The highest BCUT2D eigenvalue weighted by atomic mass is 16.6. The number of Topliss-reactive ketones (excluding diaryl/α,β-unsaturated/α-hetero) is 1. The first-order valence-electron chi connectivity index (χ1n) is 11.3. The maximum atomic E-state index is 12.6. The number of fused-ring (bicyclic) bond motifs is 1. The zero-order valence-electron chi connectivity index (χ0n) is 18.6. The van der Waals surface area contributed by atoms with Crippen LogP contribution < -0.4 is 9.47 Å². The molecule has 1 saturated heterocycles. The second kappa shape index (κ2) is 8.93. The molecule has 2 aliphatic carbocycles. The van der Waals surface area contributed by atoms with E-state index >= 15 is 0 Å². The Kier molecular flexibility index (Phi) is 5.81. The molecule has 1 heterocycles. The molecule has 5 atom stereocenters. The Morgan fingerprint density at radius 3 is 2.38 bits per heavy atom. The number of benzene rings is 2. The summed E-state index contributed by atoms with van der Waals surface area (Å²) in [4.78, 5) is 49.4. The molecule has 34 heavy (non-hydrogen) atoms. The summed E-state index contributed by atoms with van der Waals surface area (Å²) in [5, 5.41) is 0. The molecule has 0 N–H and O–H groups in total. The average Bonchev–Trinajstić information content (AvgIpc) is 3.46. The van der Waals surface area contributed by atoms with Crippen LogP contribution in [0.4, 0.5) is 0 Å². The van der Waals surface area contributed by atoms with Gasteiger partial charge in [-0.1, -0.05) is 12.1 Å². The topological polar surface area (TPSA) is 105 Å². The summed E-state index contributed by atoms with van der Waals surface area (Å²) in [5.74, 6) is -1.39. The van der Waals surface area contributed by atoms with E-state index < -0.39 is 30.4 Å². The van der Waals surface area contributed by atoms with E-state index in [2.05, 4.69) is 0 Å². The van der Waals surface area contributed by atoms with Crippen molar-refractivity contribution in [3.8, 4) is 11.5 Å². The molecule has 1 aliphatic heterocycles. The number of hydrogen-bond donors (Lipinski definition) is 0. The van der Waals surface area contributed by atoms with Gasteiger partial charge in [-0.15, -0.1) is 0 Å². The minimum Gasteiger partial charge on any atom is -0.497 e. The monoisotopic (exact) mass is 464 g/mol.